The Balaban J connectivity index is 2.22. The number of hydrogen-bond acceptors (Lipinski definition) is 3. The molecule has 0 amide bonds. The van der Waals surface area contributed by atoms with Crippen LogP contribution in [0.15, 0.2) is 42.5 Å². The van der Waals surface area contributed by atoms with Gasteiger partial charge in [-0.15, -0.1) is 0 Å². The number of benzene rings is 2. The third kappa shape index (κ3) is 2.78. The van der Waals surface area contributed by atoms with Crippen LogP contribution in [0.5, 0.6) is 11.5 Å². The van der Waals surface area contributed by atoms with Gasteiger partial charge in [-0.1, -0.05) is 29.3 Å². The molecule has 0 aliphatic carbocycles. The predicted octanol–water partition coefficient (Wildman–Crippen LogP) is 4.35. The van der Waals surface area contributed by atoms with Gasteiger partial charge in [0.1, 0.15) is 16.5 Å². The highest BCUT2D eigenvalue weighted by molar-refractivity contribution is 6.32. The number of halogens is 1. The van der Waals surface area contributed by atoms with Crippen molar-refractivity contribution in [1.82, 2.24) is 0 Å². The first kappa shape index (κ1) is 12.4. The summed E-state index contributed by atoms with van der Waals surface area (Å²) in [5, 5.41) is 10.7. The predicted molar refractivity (Wildman–Crippen MR) is 69.4 cm³/mol. The van der Waals surface area contributed by atoms with Crippen molar-refractivity contribution < 1.29 is 9.66 Å². The second-order valence-electron chi connectivity index (χ2n) is 3.79. The fourth-order valence-electron chi connectivity index (χ4n) is 1.44. The molecule has 2 rings (SSSR count). The van der Waals surface area contributed by atoms with Gasteiger partial charge in [-0.25, -0.2) is 0 Å². The van der Waals surface area contributed by atoms with E-state index in [2.05, 4.69) is 0 Å². The van der Waals surface area contributed by atoms with Gasteiger partial charge >= 0.3 is 0 Å². The third-order valence-corrected chi connectivity index (χ3v) is 2.68. The second kappa shape index (κ2) is 5.06. The lowest BCUT2D eigenvalue weighted by Gasteiger charge is -2.06. The lowest BCUT2D eigenvalue weighted by Crippen LogP contribution is -1.90. The molecular weight excluding hydrogens is 254 g/mol. The molecule has 0 bridgehead atoms. The normalized spacial score (nSPS) is 10.1. The van der Waals surface area contributed by atoms with E-state index >= 15 is 0 Å². The van der Waals surface area contributed by atoms with E-state index in [4.69, 9.17) is 16.3 Å². The van der Waals surface area contributed by atoms with Crippen molar-refractivity contribution in [2.75, 3.05) is 0 Å². The molecule has 4 nitrogen and oxygen atoms in total. The van der Waals surface area contributed by atoms with Crippen LogP contribution in [0, 0.1) is 17.0 Å². The van der Waals surface area contributed by atoms with Crippen LogP contribution in [-0.4, -0.2) is 4.92 Å². The molecule has 0 radical (unpaired) electrons. The minimum atomic E-state index is -0.530. The average Bonchev–Trinajstić information content (AvgIpc) is 2.32. The fraction of sp³-hybridized carbons (Fsp3) is 0.0769. The van der Waals surface area contributed by atoms with E-state index in [1.165, 1.54) is 18.2 Å². The molecule has 0 fully saturated rings. The topological polar surface area (TPSA) is 52.4 Å². The molecule has 0 aromatic heterocycles. The maximum absolute atomic E-state index is 10.6. The minimum absolute atomic E-state index is 0.0598. The number of nitrogens with zero attached hydrogens (tertiary/aromatic N) is 1. The number of nitro benzene ring substituents is 1. The summed E-state index contributed by atoms with van der Waals surface area (Å²) in [6.07, 6.45) is 0. The summed E-state index contributed by atoms with van der Waals surface area (Å²) in [4.78, 5) is 10.1. The molecule has 18 heavy (non-hydrogen) atoms. The zero-order chi connectivity index (χ0) is 13.1. The number of ether oxygens (including phenoxy) is 1. The molecule has 0 aliphatic heterocycles. The quantitative estimate of drug-likeness (QED) is 0.611. The Hall–Kier alpha value is -2.07. The first-order valence-corrected chi connectivity index (χ1v) is 5.62. The number of rotatable bonds is 3. The highest BCUT2D eigenvalue weighted by Crippen LogP contribution is 2.30. The standard InChI is InChI=1S/C13H10ClNO3/c1-9-2-4-10(5-3-9)18-11-6-7-13(15(16)17)12(14)8-11/h2-8H,1H3. The SMILES string of the molecule is Cc1ccc(Oc2ccc([N+](=O)[O-])c(Cl)c2)cc1. The monoisotopic (exact) mass is 263 g/mol. The van der Waals surface area contributed by atoms with Gasteiger partial charge in [0.15, 0.2) is 0 Å². The van der Waals surface area contributed by atoms with E-state index in [-0.39, 0.29) is 10.7 Å². The summed E-state index contributed by atoms with van der Waals surface area (Å²) >= 11 is 5.79. The molecule has 0 spiro atoms. The molecule has 0 atom stereocenters. The lowest BCUT2D eigenvalue weighted by molar-refractivity contribution is -0.384. The molecule has 0 saturated carbocycles. The Morgan fingerprint density at radius 2 is 1.72 bits per heavy atom. The first-order valence-electron chi connectivity index (χ1n) is 5.25. The van der Waals surface area contributed by atoms with E-state index in [9.17, 15) is 10.1 Å². The molecular formula is C13H10ClNO3. The summed E-state index contributed by atoms with van der Waals surface area (Å²) in [7, 11) is 0. The Labute approximate surface area is 109 Å². The van der Waals surface area contributed by atoms with Crippen LogP contribution >= 0.6 is 11.6 Å². The van der Waals surface area contributed by atoms with E-state index in [1.54, 1.807) is 0 Å². The minimum Gasteiger partial charge on any atom is -0.457 e. The van der Waals surface area contributed by atoms with Gasteiger partial charge < -0.3 is 4.74 Å². The van der Waals surface area contributed by atoms with Crippen molar-refractivity contribution in [3.05, 3.63) is 63.2 Å². The molecule has 92 valence electrons. The van der Waals surface area contributed by atoms with Crippen LogP contribution in [0.4, 0.5) is 5.69 Å². The van der Waals surface area contributed by atoms with Crippen molar-refractivity contribution in [3.8, 4) is 11.5 Å². The summed E-state index contributed by atoms with van der Waals surface area (Å²) < 4.78 is 5.54. The zero-order valence-corrected chi connectivity index (χ0v) is 10.3. The van der Waals surface area contributed by atoms with Gasteiger partial charge in [-0.3, -0.25) is 10.1 Å². The van der Waals surface area contributed by atoms with Crippen LogP contribution in [-0.2, 0) is 0 Å². The summed E-state index contributed by atoms with van der Waals surface area (Å²) in [5.41, 5.74) is 0.997. The van der Waals surface area contributed by atoms with Crippen molar-refractivity contribution in [2.24, 2.45) is 0 Å². The Morgan fingerprint density at radius 3 is 2.28 bits per heavy atom. The Kier molecular flexibility index (Phi) is 3.48. The maximum atomic E-state index is 10.6. The number of aryl methyl sites for hydroxylation is 1. The van der Waals surface area contributed by atoms with E-state index in [1.807, 2.05) is 31.2 Å². The third-order valence-electron chi connectivity index (χ3n) is 2.37. The average molecular weight is 264 g/mol. The van der Waals surface area contributed by atoms with Crippen molar-refractivity contribution in [1.29, 1.82) is 0 Å². The highest BCUT2D eigenvalue weighted by atomic mass is 35.5. The lowest BCUT2D eigenvalue weighted by atomic mass is 10.2. The molecule has 0 N–H and O–H groups in total. The Bertz CT molecular complexity index is 581. The van der Waals surface area contributed by atoms with Gasteiger partial charge in [-0.2, -0.15) is 0 Å². The smallest absolute Gasteiger partial charge is 0.288 e. The molecule has 5 heteroatoms. The first-order chi connectivity index (χ1) is 8.56. The van der Waals surface area contributed by atoms with E-state index in [0.29, 0.717) is 11.5 Å². The van der Waals surface area contributed by atoms with Crippen LogP contribution in [0.1, 0.15) is 5.56 Å². The van der Waals surface area contributed by atoms with Crippen LogP contribution in [0.2, 0.25) is 5.02 Å². The molecule has 0 unspecified atom stereocenters. The summed E-state index contributed by atoms with van der Waals surface area (Å²) in [6.45, 7) is 1.98. The van der Waals surface area contributed by atoms with Crippen molar-refractivity contribution in [3.63, 3.8) is 0 Å². The fourth-order valence-corrected chi connectivity index (χ4v) is 1.68. The highest BCUT2D eigenvalue weighted by Gasteiger charge is 2.12. The zero-order valence-electron chi connectivity index (χ0n) is 9.59. The number of hydrogen-bond donors (Lipinski definition) is 0. The summed E-state index contributed by atoms with van der Waals surface area (Å²) in [5.74, 6) is 1.12. The largest absolute Gasteiger partial charge is 0.457 e. The van der Waals surface area contributed by atoms with Crippen LogP contribution in [0.25, 0.3) is 0 Å². The summed E-state index contributed by atoms with van der Waals surface area (Å²) in [6, 6.07) is 11.8. The molecule has 2 aromatic rings. The van der Waals surface area contributed by atoms with Crippen LogP contribution < -0.4 is 4.74 Å². The molecule has 2 aromatic carbocycles. The number of nitro groups is 1. The second-order valence-corrected chi connectivity index (χ2v) is 4.19. The molecule has 0 saturated heterocycles. The maximum Gasteiger partial charge on any atom is 0.288 e. The van der Waals surface area contributed by atoms with Gasteiger partial charge in [-0.05, 0) is 25.1 Å². The van der Waals surface area contributed by atoms with E-state index < -0.39 is 4.92 Å². The molecule has 0 heterocycles. The van der Waals surface area contributed by atoms with Crippen molar-refractivity contribution in [2.45, 2.75) is 6.92 Å². The van der Waals surface area contributed by atoms with Gasteiger partial charge in [0.25, 0.3) is 5.69 Å². The molecule has 0 aliphatic rings. The van der Waals surface area contributed by atoms with Gasteiger partial charge in [0.05, 0.1) is 4.92 Å². The Morgan fingerprint density at radius 1 is 1.11 bits per heavy atom. The van der Waals surface area contributed by atoms with Crippen LogP contribution in [0.3, 0.4) is 0 Å². The van der Waals surface area contributed by atoms with E-state index in [0.717, 1.165) is 5.56 Å². The van der Waals surface area contributed by atoms with Gasteiger partial charge in [0.2, 0.25) is 0 Å². The van der Waals surface area contributed by atoms with Gasteiger partial charge in [0, 0.05) is 12.1 Å². The van der Waals surface area contributed by atoms with Crippen molar-refractivity contribution >= 4 is 17.3 Å².